The largest absolute Gasteiger partial charge is 0.496 e. The molecule has 8 nitrogen and oxygen atoms in total. The first-order chi connectivity index (χ1) is 16.8. The van der Waals surface area contributed by atoms with Crippen LogP contribution >= 0.6 is 0 Å². The van der Waals surface area contributed by atoms with Gasteiger partial charge in [0.2, 0.25) is 5.91 Å². The van der Waals surface area contributed by atoms with Crippen molar-refractivity contribution in [3.05, 3.63) is 65.7 Å². The highest BCUT2D eigenvalue weighted by atomic mass is 16.5. The lowest BCUT2D eigenvalue weighted by Gasteiger charge is -2.27. The van der Waals surface area contributed by atoms with Crippen LogP contribution in [0.2, 0.25) is 0 Å². The maximum absolute atomic E-state index is 13.4. The quantitative estimate of drug-likeness (QED) is 0.371. The fourth-order valence-corrected chi connectivity index (χ4v) is 3.86. The van der Waals surface area contributed by atoms with E-state index < -0.39 is 35.9 Å². The summed E-state index contributed by atoms with van der Waals surface area (Å²) in [4.78, 5) is 38.9. The number of amides is 3. The fraction of sp³-hybridized carbons (Fsp3) is 0.444. The van der Waals surface area contributed by atoms with Crippen LogP contribution in [0.5, 0.6) is 5.75 Å². The zero-order chi connectivity index (χ0) is 25.4. The minimum atomic E-state index is -1.43. The lowest BCUT2D eigenvalue weighted by molar-refractivity contribution is -0.132. The molecule has 3 amide bonds. The van der Waals surface area contributed by atoms with Crippen LogP contribution < -0.4 is 20.7 Å². The number of hydrogen-bond donors (Lipinski definition) is 4. The molecule has 0 aromatic heterocycles. The molecule has 0 heterocycles. The summed E-state index contributed by atoms with van der Waals surface area (Å²) in [5.74, 6) is -0.884. The van der Waals surface area contributed by atoms with Gasteiger partial charge in [-0.25, -0.2) is 0 Å². The van der Waals surface area contributed by atoms with Crippen molar-refractivity contribution in [3.63, 3.8) is 0 Å². The van der Waals surface area contributed by atoms with Crippen molar-refractivity contribution in [3.8, 4) is 5.75 Å². The highest BCUT2D eigenvalue weighted by Crippen LogP contribution is 2.20. The van der Waals surface area contributed by atoms with E-state index in [1.54, 1.807) is 24.3 Å². The second-order valence-electron chi connectivity index (χ2n) is 9.39. The summed E-state index contributed by atoms with van der Waals surface area (Å²) in [6.45, 7) is 3.91. The van der Waals surface area contributed by atoms with Crippen molar-refractivity contribution < 1.29 is 24.2 Å². The Bertz CT molecular complexity index is 1010. The van der Waals surface area contributed by atoms with Crippen molar-refractivity contribution in [2.45, 2.75) is 63.8 Å². The molecular formula is C27H35N3O5. The van der Waals surface area contributed by atoms with E-state index in [1.807, 2.05) is 44.2 Å². The molecular weight excluding hydrogens is 446 g/mol. The van der Waals surface area contributed by atoms with Crippen molar-refractivity contribution >= 4 is 17.7 Å². The predicted octanol–water partition coefficient (Wildman–Crippen LogP) is 2.21. The van der Waals surface area contributed by atoms with E-state index in [0.717, 1.165) is 18.4 Å². The van der Waals surface area contributed by atoms with Crippen molar-refractivity contribution in [1.82, 2.24) is 16.0 Å². The molecule has 2 aromatic rings. The number of carbonyl (C=O) groups is 3. The topological polar surface area (TPSA) is 117 Å². The van der Waals surface area contributed by atoms with Gasteiger partial charge in [-0.3, -0.25) is 14.4 Å². The molecule has 3 rings (SSSR count). The van der Waals surface area contributed by atoms with Gasteiger partial charge in [0.1, 0.15) is 11.8 Å². The number of benzene rings is 2. The molecule has 1 saturated carbocycles. The van der Waals surface area contributed by atoms with E-state index in [-0.39, 0.29) is 18.4 Å². The van der Waals surface area contributed by atoms with Gasteiger partial charge in [-0.15, -0.1) is 0 Å². The molecule has 35 heavy (non-hydrogen) atoms. The summed E-state index contributed by atoms with van der Waals surface area (Å²) in [6.07, 6.45) is 0.999. The number of aliphatic hydroxyl groups is 1. The van der Waals surface area contributed by atoms with Gasteiger partial charge in [0.15, 0.2) is 6.10 Å². The van der Waals surface area contributed by atoms with Crippen LogP contribution in [0.1, 0.15) is 49.0 Å². The number of para-hydroxylation sites is 1. The Balaban J connectivity index is 1.77. The molecule has 1 fully saturated rings. The van der Waals surface area contributed by atoms with Crippen LogP contribution in [-0.4, -0.2) is 54.2 Å². The minimum Gasteiger partial charge on any atom is -0.496 e. The number of hydrogen-bond acceptors (Lipinski definition) is 5. The van der Waals surface area contributed by atoms with Gasteiger partial charge in [-0.2, -0.15) is 0 Å². The van der Waals surface area contributed by atoms with Crippen molar-refractivity contribution in [2.24, 2.45) is 5.92 Å². The standard InChI is InChI=1S/C27H35N3O5/c1-17(2)15-22(30-25(32)20-11-7-8-12-23(20)35-3)26(33)29-21(16-18-9-5-4-6-10-18)24(31)27(34)28-19-13-14-19/h4-12,17,19,21-22,24,31H,13-16H2,1-3H3,(H,28,34)(H,29,33)(H,30,32). The average molecular weight is 482 g/mol. The molecule has 8 heteroatoms. The van der Waals surface area contributed by atoms with Crippen molar-refractivity contribution in [2.75, 3.05) is 7.11 Å². The summed E-state index contributed by atoms with van der Waals surface area (Å²) in [5.41, 5.74) is 1.19. The van der Waals surface area contributed by atoms with E-state index in [4.69, 9.17) is 4.74 Å². The normalized spacial score (nSPS) is 15.6. The SMILES string of the molecule is COc1ccccc1C(=O)NC(CC(C)C)C(=O)NC(Cc1ccccc1)C(O)C(=O)NC1CC1. The third-order valence-electron chi connectivity index (χ3n) is 5.88. The molecule has 0 saturated heterocycles. The molecule has 188 valence electrons. The summed E-state index contributed by atoms with van der Waals surface area (Å²) in [5, 5.41) is 19.3. The molecule has 1 aliphatic rings. The first-order valence-corrected chi connectivity index (χ1v) is 12.0. The molecule has 0 spiro atoms. The van der Waals surface area contributed by atoms with Crippen LogP contribution in [0, 0.1) is 5.92 Å². The monoisotopic (exact) mass is 481 g/mol. The molecule has 0 aliphatic heterocycles. The van der Waals surface area contributed by atoms with E-state index in [0.29, 0.717) is 17.7 Å². The Kier molecular flexibility index (Phi) is 9.25. The Morgan fingerprint density at radius 3 is 2.26 bits per heavy atom. The molecule has 1 aliphatic carbocycles. The third-order valence-corrected chi connectivity index (χ3v) is 5.88. The Labute approximate surface area is 206 Å². The second kappa shape index (κ2) is 12.4. The second-order valence-corrected chi connectivity index (χ2v) is 9.39. The van der Waals surface area contributed by atoms with E-state index in [9.17, 15) is 19.5 Å². The van der Waals surface area contributed by atoms with Gasteiger partial charge in [0, 0.05) is 6.04 Å². The summed E-state index contributed by atoms with van der Waals surface area (Å²) < 4.78 is 5.28. The smallest absolute Gasteiger partial charge is 0.255 e. The first-order valence-electron chi connectivity index (χ1n) is 12.0. The number of ether oxygens (including phenoxy) is 1. The van der Waals surface area contributed by atoms with Crippen LogP contribution in [0.15, 0.2) is 54.6 Å². The van der Waals surface area contributed by atoms with Gasteiger partial charge >= 0.3 is 0 Å². The Morgan fingerprint density at radius 1 is 0.971 bits per heavy atom. The molecule has 0 radical (unpaired) electrons. The van der Waals surface area contributed by atoms with Crippen molar-refractivity contribution in [1.29, 1.82) is 0 Å². The average Bonchev–Trinajstić information content (AvgIpc) is 3.66. The molecule has 0 bridgehead atoms. The first kappa shape index (κ1) is 26.2. The number of aliphatic hydroxyl groups excluding tert-OH is 1. The van der Waals surface area contributed by atoms with Crippen LogP contribution in [-0.2, 0) is 16.0 Å². The highest BCUT2D eigenvalue weighted by molar-refractivity contribution is 5.99. The Hall–Kier alpha value is -3.39. The highest BCUT2D eigenvalue weighted by Gasteiger charge is 2.34. The maximum atomic E-state index is 13.4. The summed E-state index contributed by atoms with van der Waals surface area (Å²) in [7, 11) is 1.48. The fourth-order valence-electron chi connectivity index (χ4n) is 3.86. The van der Waals surface area contributed by atoms with Gasteiger partial charge in [0.25, 0.3) is 11.8 Å². The van der Waals surface area contributed by atoms with Crippen LogP contribution in [0.3, 0.4) is 0 Å². The summed E-state index contributed by atoms with van der Waals surface area (Å²) >= 11 is 0. The zero-order valence-electron chi connectivity index (χ0n) is 20.5. The third kappa shape index (κ3) is 7.82. The number of nitrogens with one attached hydrogen (secondary N) is 3. The predicted molar refractivity (Wildman–Crippen MR) is 133 cm³/mol. The lowest BCUT2D eigenvalue weighted by Crippen LogP contribution is -2.56. The lowest BCUT2D eigenvalue weighted by atomic mass is 9.98. The zero-order valence-corrected chi connectivity index (χ0v) is 20.5. The Morgan fingerprint density at radius 2 is 1.63 bits per heavy atom. The van der Waals surface area contributed by atoms with E-state index in [1.165, 1.54) is 7.11 Å². The molecule has 2 aromatic carbocycles. The van der Waals surface area contributed by atoms with Crippen LogP contribution in [0.4, 0.5) is 0 Å². The summed E-state index contributed by atoms with van der Waals surface area (Å²) in [6, 6.07) is 14.5. The van der Waals surface area contributed by atoms with Gasteiger partial charge in [-0.05, 0) is 49.3 Å². The van der Waals surface area contributed by atoms with Gasteiger partial charge < -0.3 is 25.8 Å². The minimum absolute atomic E-state index is 0.0825. The van der Waals surface area contributed by atoms with E-state index >= 15 is 0 Å². The maximum Gasteiger partial charge on any atom is 0.255 e. The number of methoxy groups -OCH3 is 1. The number of carbonyl (C=O) groups excluding carboxylic acids is 3. The van der Waals surface area contributed by atoms with Crippen LogP contribution in [0.25, 0.3) is 0 Å². The van der Waals surface area contributed by atoms with Gasteiger partial charge in [-0.1, -0.05) is 56.3 Å². The number of rotatable bonds is 12. The van der Waals surface area contributed by atoms with E-state index in [2.05, 4.69) is 16.0 Å². The molecule has 4 N–H and O–H groups in total. The van der Waals surface area contributed by atoms with Gasteiger partial charge in [0.05, 0.1) is 18.7 Å². The molecule has 3 atom stereocenters. The molecule has 3 unspecified atom stereocenters.